The van der Waals surface area contributed by atoms with Crippen molar-refractivity contribution in [2.45, 2.75) is 6.92 Å². The first-order valence-corrected chi connectivity index (χ1v) is 5.31. The Hall–Kier alpha value is -2.90. The van der Waals surface area contributed by atoms with Crippen molar-refractivity contribution in [2.75, 3.05) is 10.6 Å². The van der Waals surface area contributed by atoms with Gasteiger partial charge in [-0.25, -0.2) is 0 Å². The van der Waals surface area contributed by atoms with Gasteiger partial charge in [-0.1, -0.05) is 6.07 Å². The number of nitrogens with one attached hydrogen (secondary N) is 2. The van der Waals surface area contributed by atoms with Gasteiger partial charge in [-0.15, -0.1) is 4.98 Å². The van der Waals surface area contributed by atoms with E-state index in [9.17, 15) is 4.79 Å². The fourth-order valence-corrected chi connectivity index (χ4v) is 1.42. The summed E-state index contributed by atoms with van der Waals surface area (Å²) in [5.74, 6) is -0.197. The van der Waals surface area contributed by atoms with E-state index >= 15 is 0 Å². The first kappa shape index (κ1) is 12.6. The summed E-state index contributed by atoms with van der Waals surface area (Å²) in [5.41, 5.74) is 1.18. The van der Waals surface area contributed by atoms with E-state index in [-0.39, 0.29) is 11.9 Å². The smallest absolute Gasteiger partial charge is 0.321 e. The van der Waals surface area contributed by atoms with Crippen LogP contribution in [0.15, 0.2) is 24.3 Å². The number of carbonyl (C=O) groups is 1. The third-order valence-corrected chi connectivity index (χ3v) is 2.05. The summed E-state index contributed by atoms with van der Waals surface area (Å²) in [6.45, 7) is 1.40. The van der Waals surface area contributed by atoms with Gasteiger partial charge in [0.25, 0.3) is 0 Å². The highest BCUT2D eigenvalue weighted by atomic mass is 16.3. The number of nitrogens with zero attached hydrogens (tertiary/aromatic N) is 3. The number of hydrogen-bond acceptors (Lipinski definition) is 7. The second-order valence-corrected chi connectivity index (χ2v) is 3.65. The number of anilines is 3. The molecule has 0 radical (unpaired) electrons. The molecule has 2 rings (SSSR count). The van der Waals surface area contributed by atoms with Crippen molar-refractivity contribution >= 4 is 23.2 Å². The third-order valence-electron chi connectivity index (χ3n) is 2.05. The average molecular weight is 261 g/mol. The highest BCUT2D eigenvalue weighted by Gasteiger charge is 2.05. The summed E-state index contributed by atoms with van der Waals surface area (Å²) in [7, 11) is 0. The molecule has 0 fully saturated rings. The molecule has 0 atom stereocenters. The van der Waals surface area contributed by atoms with Crippen molar-refractivity contribution in [3.63, 3.8) is 0 Å². The minimum atomic E-state index is -0.590. The third kappa shape index (κ3) is 3.53. The lowest BCUT2D eigenvalue weighted by atomic mass is 10.3. The van der Waals surface area contributed by atoms with Gasteiger partial charge >= 0.3 is 12.0 Å². The maximum atomic E-state index is 10.9. The Kier molecular flexibility index (Phi) is 3.42. The number of benzene rings is 1. The normalized spacial score (nSPS) is 9.95. The van der Waals surface area contributed by atoms with E-state index in [0.717, 1.165) is 0 Å². The zero-order chi connectivity index (χ0) is 13.8. The van der Waals surface area contributed by atoms with Crippen molar-refractivity contribution in [3.8, 4) is 12.0 Å². The Morgan fingerprint density at radius 1 is 1.11 bits per heavy atom. The molecule has 0 saturated carbocycles. The van der Waals surface area contributed by atoms with Gasteiger partial charge < -0.3 is 20.8 Å². The molecule has 1 heterocycles. The predicted octanol–water partition coefficient (Wildman–Crippen LogP) is 0.985. The summed E-state index contributed by atoms with van der Waals surface area (Å²) >= 11 is 0. The quantitative estimate of drug-likeness (QED) is 0.650. The molecule has 1 amide bonds. The number of carbonyl (C=O) groups excluding carboxylic acids is 1. The summed E-state index contributed by atoms with van der Waals surface area (Å²) in [4.78, 5) is 21.4. The van der Waals surface area contributed by atoms with Gasteiger partial charge in [0.05, 0.1) is 0 Å². The molecule has 0 aliphatic carbocycles. The van der Waals surface area contributed by atoms with Crippen LogP contribution in [-0.2, 0) is 4.79 Å². The van der Waals surface area contributed by atoms with E-state index in [1.165, 1.54) is 6.92 Å². The molecule has 98 valence electrons. The second-order valence-electron chi connectivity index (χ2n) is 3.65. The molecule has 19 heavy (non-hydrogen) atoms. The van der Waals surface area contributed by atoms with Crippen molar-refractivity contribution in [3.05, 3.63) is 24.3 Å². The van der Waals surface area contributed by atoms with Crippen LogP contribution in [-0.4, -0.2) is 31.1 Å². The van der Waals surface area contributed by atoms with E-state index in [1.807, 2.05) is 0 Å². The maximum Gasteiger partial charge on any atom is 0.321 e. The highest BCUT2D eigenvalue weighted by Crippen LogP contribution is 2.19. The summed E-state index contributed by atoms with van der Waals surface area (Å²) in [5, 5.41) is 23.6. The summed E-state index contributed by atoms with van der Waals surface area (Å²) in [6.07, 6.45) is 0. The molecule has 0 saturated heterocycles. The minimum absolute atomic E-state index is 0.00928. The molecule has 0 unspecified atom stereocenters. The molecule has 0 aliphatic rings. The molecular weight excluding hydrogens is 250 g/mol. The van der Waals surface area contributed by atoms with Crippen LogP contribution in [0.1, 0.15) is 6.92 Å². The lowest BCUT2D eigenvalue weighted by Gasteiger charge is -2.07. The second kappa shape index (κ2) is 5.17. The fraction of sp³-hybridized carbons (Fsp3) is 0.0909. The zero-order valence-corrected chi connectivity index (χ0v) is 9.95. The van der Waals surface area contributed by atoms with Gasteiger partial charge in [-0.2, -0.15) is 9.97 Å². The van der Waals surface area contributed by atoms with Crippen LogP contribution in [0.4, 0.5) is 17.3 Å². The van der Waals surface area contributed by atoms with Crippen molar-refractivity contribution < 1.29 is 15.0 Å². The standard InChI is InChI=1S/C11H11N5O3/c1-6(17)12-7-3-2-4-8(5-7)13-9-14-10(18)16-11(19)15-9/h2-5H,1H3,(H,12,17)(H3,13,14,15,16,18,19). The molecule has 8 nitrogen and oxygen atoms in total. The largest absolute Gasteiger partial charge is 0.479 e. The van der Waals surface area contributed by atoms with Gasteiger partial charge in [0.15, 0.2) is 0 Å². The Labute approximate surface area is 108 Å². The lowest BCUT2D eigenvalue weighted by Crippen LogP contribution is -2.06. The van der Waals surface area contributed by atoms with Crippen LogP contribution in [0.2, 0.25) is 0 Å². The first-order valence-electron chi connectivity index (χ1n) is 5.31. The fourth-order valence-electron chi connectivity index (χ4n) is 1.42. The average Bonchev–Trinajstić information content (AvgIpc) is 2.26. The number of aromatic nitrogens is 3. The maximum absolute atomic E-state index is 10.9. The van der Waals surface area contributed by atoms with Crippen molar-refractivity contribution in [1.82, 2.24) is 15.0 Å². The molecule has 2 aromatic rings. The SMILES string of the molecule is CC(=O)Nc1cccc(Nc2nc(O)nc(O)n2)c1. The topological polar surface area (TPSA) is 120 Å². The van der Waals surface area contributed by atoms with E-state index in [4.69, 9.17) is 10.2 Å². The van der Waals surface area contributed by atoms with Gasteiger partial charge in [0.2, 0.25) is 11.9 Å². The molecule has 0 bridgehead atoms. The molecule has 0 spiro atoms. The first-order chi connectivity index (χ1) is 9.02. The van der Waals surface area contributed by atoms with Gasteiger partial charge in [0, 0.05) is 18.3 Å². The molecule has 8 heteroatoms. The van der Waals surface area contributed by atoms with Crippen LogP contribution < -0.4 is 10.6 Å². The number of hydrogen-bond donors (Lipinski definition) is 4. The van der Waals surface area contributed by atoms with Crippen LogP contribution in [0.25, 0.3) is 0 Å². The number of aromatic hydroxyl groups is 2. The summed E-state index contributed by atoms with van der Waals surface area (Å²) in [6, 6.07) is 5.62. The van der Waals surface area contributed by atoms with Gasteiger partial charge in [-0.05, 0) is 18.2 Å². The minimum Gasteiger partial charge on any atom is -0.479 e. The molecule has 0 aliphatic heterocycles. The molecule has 4 N–H and O–H groups in total. The lowest BCUT2D eigenvalue weighted by molar-refractivity contribution is -0.114. The van der Waals surface area contributed by atoms with E-state index in [2.05, 4.69) is 25.6 Å². The Bertz CT molecular complexity index is 597. The zero-order valence-electron chi connectivity index (χ0n) is 9.95. The number of amides is 1. The van der Waals surface area contributed by atoms with Crippen LogP contribution in [0.5, 0.6) is 12.0 Å². The van der Waals surface area contributed by atoms with Crippen LogP contribution >= 0.6 is 0 Å². The van der Waals surface area contributed by atoms with E-state index in [0.29, 0.717) is 11.4 Å². The Morgan fingerprint density at radius 2 is 1.74 bits per heavy atom. The van der Waals surface area contributed by atoms with Crippen molar-refractivity contribution in [1.29, 1.82) is 0 Å². The van der Waals surface area contributed by atoms with Gasteiger partial charge in [-0.3, -0.25) is 4.79 Å². The van der Waals surface area contributed by atoms with Crippen LogP contribution in [0, 0.1) is 0 Å². The number of rotatable bonds is 3. The molecular formula is C11H11N5O3. The van der Waals surface area contributed by atoms with E-state index < -0.39 is 12.0 Å². The predicted molar refractivity (Wildman–Crippen MR) is 67.2 cm³/mol. The highest BCUT2D eigenvalue weighted by molar-refractivity contribution is 5.89. The Balaban J connectivity index is 2.20. The monoisotopic (exact) mass is 261 g/mol. The van der Waals surface area contributed by atoms with Crippen molar-refractivity contribution in [2.24, 2.45) is 0 Å². The summed E-state index contributed by atoms with van der Waals surface area (Å²) < 4.78 is 0. The van der Waals surface area contributed by atoms with Crippen LogP contribution in [0.3, 0.4) is 0 Å². The molecule has 1 aromatic heterocycles. The molecule has 1 aromatic carbocycles. The Morgan fingerprint density at radius 3 is 2.37 bits per heavy atom. The van der Waals surface area contributed by atoms with E-state index in [1.54, 1.807) is 24.3 Å². The van der Waals surface area contributed by atoms with Gasteiger partial charge in [0.1, 0.15) is 0 Å².